The van der Waals surface area contributed by atoms with Crippen LogP contribution in [0, 0.1) is 5.92 Å². The van der Waals surface area contributed by atoms with Crippen molar-refractivity contribution in [1.82, 2.24) is 10.6 Å². The van der Waals surface area contributed by atoms with Crippen LogP contribution in [0.25, 0.3) is 11.1 Å². The molecule has 2 amide bonds. The zero-order valence-corrected chi connectivity index (χ0v) is 22.9. The van der Waals surface area contributed by atoms with E-state index in [1.165, 1.54) is 20.1 Å². The molecule has 38 heavy (non-hydrogen) atoms. The Hall–Kier alpha value is -4.01. The quantitative estimate of drug-likeness (QED) is 0.408. The fraction of sp³-hybridized carbons (Fsp3) is 0.414. The number of hydrogen-bond donors (Lipinski definition) is 3. The Bertz CT molecular complexity index is 1270. The second-order valence-corrected chi connectivity index (χ2v) is 9.50. The van der Waals surface area contributed by atoms with E-state index in [2.05, 4.69) is 22.5 Å². The zero-order valence-electron chi connectivity index (χ0n) is 22.9. The van der Waals surface area contributed by atoms with E-state index in [1.807, 2.05) is 26.0 Å². The molecule has 0 spiro atoms. The van der Waals surface area contributed by atoms with Crippen LogP contribution < -0.4 is 35.6 Å². The maximum absolute atomic E-state index is 13.5. The molecule has 0 saturated heterocycles. The number of nitrogens with one attached hydrogen (secondary N) is 3. The molecule has 0 saturated carbocycles. The molecule has 0 fully saturated rings. The first kappa shape index (κ1) is 28.6. The first-order chi connectivity index (χ1) is 18.2. The molecule has 1 aliphatic carbocycles. The molecule has 0 heterocycles. The predicted molar refractivity (Wildman–Crippen MR) is 148 cm³/mol. The van der Waals surface area contributed by atoms with Gasteiger partial charge >= 0.3 is 0 Å². The molecular weight excluding hydrogens is 486 g/mol. The monoisotopic (exact) mass is 523 g/mol. The molecule has 0 radical (unpaired) electrons. The normalized spacial score (nSPS) is 14.8. The molecule has 9 nitrogen and oxygen atoms in total. The van der Waals surface area contributed by atoms with Crippen LogP contribution in [-0.2, 0) is 16.0 Å². The molecule has 2 aromatic carbocycles. The van der Waals surface area contributed by atoms with Gasteiger partial charge in [-0.15, -0.1) is 6.58 Å². The highest BCUT2D eigenvalue weighted by Gasteiger charge is 2.30. The molecule has 2 unspecified atom stereocenters. The number of carbonyl (C=O) groups is 2. The fourth-order valence-electron chi connectivity index (χ4n) is 4.81. The summed E-state index contributed by atoms with van der Waals surface area (Å²) in [5.74, 6) is 0.914. The Labute approximate surface area is 223 Å². The lowest BCUT2D eigenvalue weighted by Crippen LogP contribution is -2.43. The van der Waals surface area contributed by atoms with Crippen molar-refractivity contribution in [3.8, 4) is 28.4 Å². The van der Waals surface area contributed by atoms with Gasteiger partial charge in [0.05, 0.1) is 33.1 Å². The van der Waals surface area contributed by atoms with Crippen molar-refractivity contribution < 1.29 is 23.8 Å². The number of fused-ring (bicyclic) bond motifs is 3. The van der Waals surface area contributed by atoms with E-state index in [1.54, 1.807) is 26.4 Å². The molecular formula is C29H37N3O6. The maximum atomic E-state index is 13.5. The Kier molecular flexibility index (Phi) is 9.39. The van der Waals surface area contributed by atoms with Gasteiger partial charge in [-0.25, -0.2) is 0 Å². The molecule has 0 aliphatic heterocycles. The van der Waals surface area contributed by atoms with E-state index in [4.69, 9.17) is 14.2 Å². The third-order valence-electron chi connectivity index (χ3n) is 6.60. The number of benzene rings is 1. The molecule has 3 rings (SSSR count). The van der Waals surface area contributed by atoms with Crippen LogP contribution in [0.1, 0.15) is 44.4 Å². The highest BCUT2D eigenvalue weighted by Crippen LogP contribution is 2.50. The van der Waals surface area contributed by atoms with E-state index in [0.29, 0.717) is 42.2 Å². The molecule has 3 N–H and O–H groups in total. The second-order valence-electron chi connectivity index (χ2n) is 9.50. The Morgan fingerprint density at radius 1 is 1.11 bits per heavy atom. The Morgan fingerprint density at radius 3 is 2.39 bits per heavy atom. The summed E-state index contributed by atoms with van der Waals surface area (Å²) in [6, 6.07) is 5.88. The highest BCUT2D eigenvalue weighted by molar-refractivity contribution is 5.86. The van der Waals surface area contributed by atoms with Gasteiger partial charge in [-0.05, 0) is 53.6 Å². The number of carbonyl (C=O) groups excluding carboxylic acids is 2. The minimum Gasteiger partial charge on any atom is -0.493 e. The van der Waals surface area contributed by atoms with Crippen LogP contribution in [0.4, 0.5) is 5.69 Å². The van der Waals surface area contributed by atoms with Gasteiger partial charge in [-0.2, -0.15) is 0 Å². The van der Waals surface area contributed by atoms with Gasteiger partial charge in [-0.3, -0.25) is 14.4 Å². The molecule has 0 bridgehead atoms. The van der Waals surface area contributed by atoms with Crippen molar-refractivity contribution in [3.05, 3.63) is 58.3 Å². The highest BCUT2D eigenvalue weighted by atomic mass is 16.5. The molecule has 204 valence electrons. The van der Waals surface area contributed by atoms with Gasteiger partial charge < -0.3 is 30.2 Å². The van der Waals surface area contributed by atoms with E-state index in [9.17, 15) is 14.4 Å². The van der Waals surface area contributed by atoms with Crippen LogP contribution in [0.5, 0.6) is 17.2 Å². The standard InChI is InChI=1S/C29H37N3O6/c1-8-13-30-29(35)26(16(2)3)32-22-12-10-19-20(15-23(22)34)21(31-17(4)33)11-9-18-14-24(36-5)27(37-6)28(38-7)25(18)19/h8,10,12,14-16,21,26H,1,9,11,13H2,2-7H3,(H,30,35)(H,31,33)(H,32,34). The summed E-state index contributed by atoms with van der Waals surface area (Å²) in [5.41, 5.74) is 3.04. The minimum absolute atomic E-state index is 0.0905. The summed E-state index contributed by atoms with van der Waals surface area (Å²) in [7, 11) is 4.65. The van der Waals surface area contributed by atoms with Crippen molar-refractivity contribution in [2.24, 2.45) is 5.92 Å². The number of hydrogen-bond acceptors (Lipinski definition) is 7. The third kappa shape index (κ3) is 5.93. The van der Waals surface area contributed by atoms with Gasteiger partial charge in [0.15, 0.2) is 11.5 Å². The van der Waals surface area contributed by atoms with Gasteiger partial charge in [0.2, 0.25) is 23.0 Å². The summed E-state index contributed by atoms with van der Waals surface area (Å²) < 4.78 is 17.0. The number of methoxy groups -OCH3 is 3. The van der Waals surface area contributed by atoms with E-state index in [0.717, 1.165) is 16.7 Å². The molecule has 9 heteroatoms. The first-order valence-corrected chi connectivity index (χ1v) is 12.6. The van der Waals surface area contributed by atoms with Crippen LogP contribution in [-0.4, -0.2) is 45.7 Å². The molecule has 2 aromatic rings. The summed E-state index contributed by atoms with van der Waals surface area (Å²) in [6.45, 7) is 9.22. The fourth-order valence-corrected chi connectivity index (χ4v) is 4.81. The molecule has 2 atom stereocenters. The van der Waals surface area contributed by atoms with Crippen molar-refractivity contribution in [3.63, 3.8) is 0 Å². The van der Waals surface area contributed by atoms with Crippen LogP contribution in [0.3, 0.4) is 0 Å². The molecule has 0 aromatic heterocycles. The van der Waals surface area contributed by atoms with Crippen molar-refractivity contribution in [2.45, 2.75) is 45.7 Å². The van der Waals surface area contributed by atoms with Crippen molar-refractivity contribution in [2.75, 3.05) is 33.2 Å². The zero-order chi connectivity index (χ0) is 28.0. The average Bonchev–Trinajstić information content (AvgIpc) is 3.12. The van der Waals surface area contributed by atoms with E-state index in [-0.39, 0.29) is 28.8 Å². The SMILES string of the molecule is C=CCNC(=O)C(Nc1ccc2c(cc1=O)C(NC(C)=O)CCc1cc(OC)c(OC)c(OC)c1-2)C(C)C. The van der Waals surface area contributed by atoms with Crippen LogP contribution >= 0.6 is 0 Å². The van der Waals surface area contributed by atoms with Gasteiger partial charge in [-0.1, -0.05) is 26.0 Å². The Balaban J connectivity index is 2.27. The average molecular weight is 524 g/mol. The number of amides is 2. The van der Waals surface area contributed by atoms with Gasteiger partial charge in [0, 0.05) is 19.0 Å². The lowest BCUT2D eigenvalue weighted by Gasteiger charge is -2.21. The lowest BCUT2D eigenvalue weighted by atomic mass is 9.95. The van der Waals surface area contributed by atoms with Crippen LogP contribution in [0.2, 0.25) is 0 Å². The van der Waals surface area contributed by atoms with E-state index < -0.39 is 12.1 Å². The second kappa shape index (κ2) is 12.5. The first-order valence-electron chi connectivity index (χ1n) is 12.6. The smallest absolute Gasteiger partial charge is 0.243 e. The molecule has 1 aliphatic rings. The number of ether oxygens (including phenoxy) is 3. The number of aryl methyl sites for hydroxylation is 1. The predicted octanol–water partition coefficient (Wildman–Crippen LogP) is 3.60. The maximum Gasteiger partial charge on any atom is 0.243 e. The summed E-state index contributed by atoms with van der Waals surface area (Å²) in [5, 5.41) is 8.93. The summed E-state index contributed by atoms with van der Waals surface area (Å²) in [6.07, 6.45) is 2.76. The van der Waals surface area contributed by atoms with Gasteiger partial charge in [0.1, 0.15) is 6.04 Å². The lowest BCUT2D eigenvalue weighted by molar-refractivity contribution is -0.122. The Morgan fingerprint density at radius 2 is 1.82 bits per heavy atom. The van der Waals surface area contributed by atoms with Crippen LogP contribution in [0.15, 0.2) is 41.7 Å². The summed E-state index contributed by atoms with van der Waals surface area (Å²) in [4.78, 5) is 38.4. The largest absolute Gasteiger partial charge is 0.493 e. The minimum atomic E-state index is -0.637. The number of anilines is 1. The third-order valence-corrected chi connectivity index (χ3v) is 6.60. The van der Waals surface area contributed by atoms with Crippen molar-refractivity contribution in [1.29, 1.82) is 0 Å². The van der Waals surface area contributed by atoms with Gasteiger partial charge in [0.25, 0.3) is 0 Å². The van der Waals surface area contributed by atoms with Crippen molar-refractivity contribution >= 4 is 17.5 Å². The topological polar surface area (TPSA) is 115 Å². The van der Waals surface area contributed by atoms with E-state index >= 15 is 0 Å². The summed E-state index contributed by atoms with van der Waals surface area (Å²) >= 11 is 0. The number of rotatable bonds is 10.